The number of nitrogens with zero attached hydrogens (tertiary/aromatic N) is 3. The first-order valence-corrected chi connectivity index (χ1v) is 4.78. The zero-order valence-electron chi connectivity index (χ0n) is 7.43. The predicted octanol–water partition coefficient (Wildman–Crippen LogP) is 1.35. The van der Waals surface area contributed by atoms with Crippen molar-refractivity contribution in [2.24, 2.45) is 0 Å². The van der Waals surface area contributed by atoms with Gasteiger partial charge < -0.3 is 10.4 Å². The highest BCUT2D eigenvalue weighted by molar-refractivity contribution is 7.18. The smallest absolute Gasteiger partial charge is 0.205 e. The summed E-state index contributed by atoms with van der Waals surface area (Å²) >= 11 is 1.34. The summed E-state index contributed by atoms with van der Waals surface area (Å²) in [7, 11) is 1.77. The van der Waals surface area contributed by atoms with E-state index in [1.807, 2.05) is 0 Å². The molecule has 0 saturated heterocycles. The number of rotatable bonds is 2. The van der Waals surface area contributed by atoms with Crippen molar-refractivity contribution in [3.63, 3.8) is 0 Å². The molecular weight excluding hydrogens is 200 g/mol. The van der Waals surface area contributed by atoms with E-state index >= 15 is 0 Å². The molecule has 2 rings (SSSR count). The van der Waals surface area contributed by atoms with Gasteiger partial charge in [0.2, 0.25) is 5.13 Å². The van der Waals surface area contributed by atoms with Crippen molar-refractivity contribution in [1.29, 1.82) is 0 Å². The molecule has 5 nitrogen and oxygen atoms in total. The topological polar surface area (TPSA) is 70.9 Å². The molecule has 0 aromatic carbocycles. The lowest BCUT2D eigenvalue weighted by Gasteiger charge is -1.96. The molecule has 2 heterocycles. The molecule has 0 amide bonds. The van der Waals surface area contributed by atoms with E-state index in [-0.39, 0.29) is 5.75 Å². The zero-order chi connectivity index (χ0) is 9.97. The maximum absolute atomic E-state index is 9.50. The normalized spacial score (nSPS) is 10.1. The van der Waals surface area contributed by atoms with Gasteiger partial charge in [-0.1, -0.05) is 11.3 Å². The molecule has 0 spiro atoms. The van der Waals surface area contributed by atoms with Crippen molar-refractivity contribution in [2.45, 2.75) is 0 Å². The molecule has 2 aromatic rings. The predicted molar refractivity (Wildman–Crippen MR) is 54.4 cm³/mol. The molecule has 0 unspecified atom stereocenters. The van der Waals surface area contributed by atoms with Gasteiger partial charge >= 0.3 is 0 Å². The molecule has 0 fully saturated rings. The summed E-state index contributed by atoms with van der Waals surface area (Å²) in [4.78, 5) is 4.03. The minimum absolute atomic E-state index is 0.117. The summed E-state index contributed by atoms with van der Waals surface area (Å²) in [6.07, 6.45) is 1.61. The van der Waals surface area contributed by atoms with Crippen molar-refractivity contribution >= 4 is 16.5 Å². The average Bonchev–Trinajstić information content (AvgIpc) is 2.67. The SMILES string of the molecule is CNc1nnc(-c2ncccc2O)s1. The van der Waals surface area contributed by atoms with E-state index in [0.29, 0.717) is 15.8 Å². The van der Waals surface area contributed by atoms with Gasteiger partial charge in [0.15, 0.2) is 5.01 Å². The second-order valence-electron chi connectivity index (χ2n) is 2.53. The zero-order valence-corrected chi connectivity index (χ0v) is 8.25. The van der Waals surface area contributed by atoms with Gasteiger partial charge in [-0.25, -0.2) is 4.98 Å². The monoisotopic (exact) mass is 208 g/mol. The number of pyridine rings is 1. The summed E-state index contributed by atoms with van der Waals surface area (Å²) in [5.74, 6) is 0.117. The third-order valence-corrected chi connectivity index (χ3v) is 2.58. The highest BCUT2D eigenvalue weighted by Gasteiger charge is 2.10. The first-order valence-electron chi connectivity index (χ1n) is 3.97. The van der Waals surface area contributed by atoms with Gasteiger partial charge in [-0.05, 0) is 12.1 Å². The molecule has 2 aromatic heterocycles. The van der Waals surface area contributed by atoms with Crippen molar-refractivity contribution in [3.8, 4) is 16.5 Å². The Bertz CT molecular complexity index is 442. The van der Waals surface area contributed by atoms with E-state index in [0.717, 1.165) is 0 Å². The summed E-state index contributed by atoms with van der Waals surface area (Å²) in [6.45, 7) is 0. The van der Waals surface area contributed by atoms with E-state index in [2.05, 4.69) is 20.5 Å². The Morgan fingerprint density at radius 3 is 2.93 bits per heavy atom. The molecular formula is C8H8N4OS. The van der Waals surface area contributed by atoms with E-state index in [9.17, 15) is 5.11 Å². The fourth-order valence-corrected chi connectivity index (χ4v) is 1.68. The number of hydrogen-bond acceptors (Lipinski definition) is 6. The van der Waals surface area contributed by atoms with E-state index < -0.39 is 0 Å². The molecule has 0 aliphatic carbocycles. The Kier molecular flexibility index (Phi) is 2.28. The van der Waals surface area contributed by atoms with Crippen LogP contribution in [-0.2, 0) is 0 Å². The van der Waals surface area contributed by atoms with E-state index in [4.69, 9.17) is 0 Å². The van der Waals surface area contributed by atoms with Crippen LogP contribution in [0.1, 0.15) is 0 Å². The third-order valence-electron chi connectivity index (χ3n) is 1.63. The van der Waals surface area contributed by atoms with Crippen LogP contribution in [0.3, 0.4) is 0 Å². The molecule has 0 bridgehead atoms. The first-order chi connectivity index (χ1) is 6.81. The lowest BCUT2D eigenvalue weighted by molar-refractivity contribution is 0.475. The summed E-state index contributed by atoms with van der Waals surface area (Å²) in [5.41, 5.74) is 0.464. The van der Waals surface area contributed by atoms with Gasteiger partial charge in [0.05, 0.1) is 0 Å². The van der Waals surface area contributed by atoms with Crippen LogP contribution >= 0.6 is 11.3 Å². The fourth-order valence-electron chi connectivity index (χ4n) is 0.982. The first kappa shape index (κ1) is 8.89. The van der Waals surface area contributed by atoms with Gasteiger partial charge in [-0.15, -0.1) is 10.2 Å². The summed E-state index contributed by atoms with van der Waals surface area (Å²) < 4.78 is 0. The minimum atomic E-state index is 0.117. The maximum atomic E-state index is 9.50. The van der Waals surface area contributed by atoms with Crippen molar-refractivity contribution < 1.29 is 5.11 Å². The van der Waals surface area contributed by atoms with Gasteiger partial charge in [0, 0.05) is 13.2 Å². The van der Waals surface area contributed by atoms with Crippen LogP contribution in [0, 0.1) is 0 Å². The van der Waals surface area contributed by atoms with Crippen molar-refractivity contribution in [2.75, 3.05) is 12.4 Å². The number of aromatic hydroxyl groups is 1. The van der Waals surface area contributed by atoms with E-state index in [1.54, 1.807) is 25.4 Å². The molecule has 72 valence electrons. The van der Waals surface area contributed by atoms with Crippen LogP contribution in [0.2, 0.25) is 0 Å². The standard InChI is InChI=1S/C8H8N4OS/c1-9-8-12-11-7(14-8)6-5(13)3-2-4-10-6/h2-4,13H,1H3,(H,9,12). The lowest BCUT2D eigenvalue weighted by atomic mass is 10.3. The summed E-state index contributed by atoms with van der Waals surface area (Å²) in [6, 6.07) is 3.24. The Hall–Kier alpha value is -1.69. The highest BCUT2D eigenvalue weighted by atomic mass is 32.1. The quantitative estimate of drug-likeness (QED) is 0.779. The minimum Gasteiger partial charge on any atom is -0.506 e. The Balaban J connectivity index is 2.44. The van der Waals surface area contributed by atoms with Crippen molar-refractivity contribution in [1.82, 2.24) is 15.2 Å². The third kappa shape index (κ3) is 1.51. The van der Waals surface area contributed by atoms with Crippen LogP contribution in [0.15, 0.2) is 18.3 Å². The number of hydrogen-bond donors (Lipinski definition) is 2. The maximum Gasteiger partial charge on any atom is 0.205 e. The molecule has 2 N–H and O–H groups in total. The van der Waals surface area contributed by atoms with Gasteiger partial charge in [-0.2, -0.15) is 0 Å². The Morgan fingerprint density at radius 2 is 2.29 bits per heavy atom. The molecule has 0 aliphatic heterocycles. The molecule has 0 saturated carbocycles. The van der Waals surface area contributed by atoms with Crippen LogP contribution in [0.4, 0.5) is 5.13 Å². The lowest BCUT2D eigenvalue weighted by Crippen LogP contribution is -1.84. The Labute approximate surface area is 84.5 Å². The van der Waals surface area contributed by atoms with Gasteiger partial charge in [-0.3, -0.25) is 0 Å². The Morgan fingerprint density at radius 1 is 1.43 bits per heavy atom. The summed E-state index contributed by atoms with van der Waals surface area (Å²) in [5, 5.41) is 21.4. The largest absolute Gasteiger partial charge is 0.506 e. The van der Waals surface area contributed by atoms with Crippen LogP contribution in [-0.4, -0.2) is 27.3 Å². The number of nitrogens with one attached hydrogen (secondary N) is 1. The van der Waals surface area contributed by atoms with Crippen LogP contribution < -0.4 is 5.32 Å². The fraction of sp³-hybridized carbons (Fsp3) is 0.125. The molecule has 0 aliphatic rings. The van der Waals surface area contributed by atoms with Crippen LogP contribution in [0.25, 0.3) is 10.7 Å². The number of anilines is 1. The molecule has 0 radical (unpaired) electrons. The average molecular weight is 208 g/mol. The second kappa shape index (κ2) is 3.59. The van der Waals surface area contributed by atoms with E-state index in [1.165, 1.54) is 11.3 Å². The number of aromatic nitrogens is 3. The molecule has 0 atom stereocenters. The van der Waals surface area contributed by atoms with Crippen molar-refractivity contribution in [3.05, 3.63) is 18.3 Å². The highest BCUT2D eigenvalue weighted by Crippen LogP contribution is 2.30. The second-order valence-corrected chi connectivity index (χ2v) is 3.51. The van der Waals surface area contributed by atoms with Gasteiger partial charge in [0.25, 0.3) is 0 Å². The molecule has 14 heavy (non-hydrogen) atoms. The van der Waals surface area contributed by atoms with Crippen LogP contribution in [0.5, 0.6) is 5.75 Å². The molecule has 6 heteroatoms. The van der Waals surface area contributed by atoms with Gasteiger partial charge in [0.1, 0.15) is 11.4 Å².